The molecule has 0 spiro atoms. The van der Waals surface area contributed by atoms with Gasteiger partial charge in [0.2, 0.25) is 0 Å². The highest BCUT2D eigenvalue weighted by atomic mass is 16.5. The highest BCUT2D eigenvalue weighted by Crippen LogP contribution is 2.16. The van der Waals surface area contributed by atoms with Crippen molar-refractivity contribution in [2.75, 3.05) is 18.6 Å². The van der Waals surface area contributed by atoms with Crippen molar-refractivity contribution >= 4 is 17.6 Å². The largest absolute Gasteiger partial charge is 0.489 e. The number of carbonyl (C=O) groups is 2. The van der Waals surface area contributed by atoms with Crippen LogP contribution in [0.1, 0.15) is 15.9 Å². The predicted octanol–water partition coefficient (Wildman–Crippen LogP) is 4.09. The Kier molecular flexibility index (Phi) is 6.41. The number of para-hydroxylation sites is 2. The van der Waals surface area contributed by atoms with Crippen molar-refractivity contribution in [3.63, 3.8) is 0 Å². The average Bonchev–Trinajstić information content (AvgIpc) is 2.76. The van der Waals surface area contributed by atoms with Gasteiger partial charge in [0, 0.05) is 18.3 Å². The minimum Gasteiger partial charge on any atom is -0.489 e. The third-order valence-electron chi connectivity index (χ3n) is 4.22. The SMILES string of the molecule is CN(C(=O)COC(=O)c1ccccc1COc1ccccc1)c1ccccc1. The molecule has 0 aliphatic carbocycles. The lowest BCUT2D eigenvalue weighted by Crippen LogP contribution is -2.31. The van der Waals surface area contributed by atoms with Crippen LogP contribution < -0.4 is 9.64 Å². The maximum atomic E-state index is 12.5. The summed E-state index contributed by atoms with van der Waals surface area (Å²) in [6.07, 6.45) is 0. The molecule has 0 radical (unpaired) electrons. The zero-order chi connectivity index (χ0) is 19.8. The summed E-state index contributed by atoms with van der Waals surface area (Å²) in [7, 11) is 1.65. The topological polar surface area (TPSA) is 55.8 Å². The first kappa shape index (κ1) is 19.2. The molecule has 0 N–H and O–H groups in total. The average molecular weight is 375 g/mol. The van der Waals surface area contributed by atoms with Crippen LogP contribution in [-0.2, 0) is 16.1 Å². The Labute approximate surface area is 164 Å². The van der Waals surface area contributed by atoms with E-state index in [1.807, 2.05) is 66.7 Å². The maximum Gasteiger partial charge on any atom is 0.339 e. The van der Waals surface area contributed by atoms with E-state index in [1.165, 1.54) is 4.90 Å². The van der Waals surface area contributed by atoms with Crippen LogP contribution in [-0.4, -0.2) is 25.5 Å². The number of likely N-dealkylation sites (N-methyl/N-ethyl adjacent to an activating group) is 1. The first-order valence-corrected chi connectivity index (χ1v) is 8.89. The molecule has 3 rings (SSSR count). The van der Waals surface area contributed by atoms with Crippen LogP contribution in [0.4, 0.5) is 5.69 Å². The molecule has 0 fully saturated rings. The Bertz CT molecular complexity index is 926. The third kappa shape index (κ3) is 4.98. The lowest BCUT2D eigenvalue weighted by atomic mass is 10.1. The van der Waals surface area contributed by atoms with Crippen LogP contribution in [0.15, 0.2) is 84.9 Å². The molecular formula is C23H21NO4. The molecule has 5 heteroatoms. The van der Waals surface area contributed by atoms with E-state index >= 15 is 0 Å². The second kappa shape index (κ2) is 9.37. The van der Waals surface area contributed by atoms with Gasteiger partial charge in [0.25, 0.3) is 5.91 Å². The minimum absolute atomic E-state index is 0.229. The monoisotopic (exact) mass is 375 g/mol. The fourth-order valence-corrected chi connectivity index (χ4v) is 2.62. The fourth-order valence-electron chi connectivity index (χ4n) is 2.62. The number of ether oxygens (including phenoxy) is 2. The zero-order valence-electron chi connectivity index (χ0n) is 15.6. The Morgan fingerprint density at radius 2 is 1.43 bits per heavy atom. The lowest BCUT2D eigenvalue weighted by Gasteiger charge is -2.17. The third-order valence-corrected chi connectivity index (χ3v) is 4.22. The van der Waals surface area contributed by atoms with Gasteiger partial charge in [-0.1, -0.05) is 54.6 Å². The molecular weight excluding hydrogens is 354 g/mol. The number of hydrogen-bond acceptors (Lipinski definition) is 4. The Balaban J connectivity index is 1.60. The molecule has 3 aromatic rings. The molecule has 0 bridgehead atoms. The molecule has 0 aliphatic heterocycles. The van der Waals surface area contributed by atoms with Crippen molar-refractivity contribution in [2.45, 2.75) is 6.61 Å². The molecule has 142 valence electrons. The van der Waals surface area contributed by atoms with Gasteiger partial charge in [-0.15, -0.1) is 0 Å². The zero-order valence-corrected chi connectivity index (χ0v) is 15.6. The van der Waals surface area contributed by atoms with Gasteiger partial charge in [-0.3, -0.25) is 4.79 Å². The Morgan fingerprint density at radius 1 is 0.821 bits per heavy atom. The second-order valence-corrected chi connectivity index (χ2v) is 6.12. The van der Waals surface area contributed by atoms with Gasteiger partial charge < -0.3 is 14.4 Å². The van der Waals surface area contributed by atoms with Crippen LogP contribution in [0.2, 0.25) is 0 Å². The van der Waals surface area contributed by atoms with Crippen LogP contribution in [0.3, 0.4) is 0 Å². The van der Waals surface area contributed by atoms with Crippen molar-refractivity contribution in [1.29, 1.82) is 0 Å². The summed E-state index contributed by atoms with van der Waals surface area (Å²) < 4.78 is 11.0. The van der Waals surface area contributed by atoms with Crippen molar-refractivity contribution in [3.8, 4) is 5.75 Å². The highest BCUT2D eigenvalue weighted by Gasteiger charge is 2.17. The van der Waals surface area contributed by atoms with Crippen LogP contribution in [0, 0.1) is 0 Å². The summed E-state index contributed by atoms with van der Waals surface area (Å²) >= 11 is 0. The summed E-state index contributed by atoms with van der Waals surface area (Å²) in [6.45, 7) is -0.106. The summed E-state index contributed by atoms with van der Waals surface area (Å²) in [6, 6.07) is 25.6. The number of nitrogens with zero attached hydrogens (tertiary/aromatic N) is 1. The van der Waals surface area contributed by atoms with E-state index in [0.29, 0.717) is 16.9 Å². The number of anilines is 1. The normalized spacial score (nSPS) is 10.2. The molecule has 0 atom stereocenters. The van der Waals surface area contributed by atoms with Crippen molar-refractivity contribution in [1.82, 2.24) is 0 Å². The number of esters is 1. The van der Waals surface area contributed by atoms with E-state index in [2.05, 4.69) is 0 Å². The van der Waals surface area contributed by atoms with Gasteiger partial charge in [-0.05, 0) is 30.3 Å². The second-order valence-electron chi connectivity index (χ2n) is 6.12. The van der Waals surface area contributed by atoms with E-state index < -0.39 is 5.97 Å². The first-order valence-electron chi connectivity index (χ1n) is 8.89. The van der Waals surface area contributed by atoms with Gasteiger partial charge in [0.1, 0.15) is 12.4 Å². The molecule has 0 saturated carbocycles. The Morgan fingerprint density at radius 3 is 2.14 bits per heavy atom. The molecule has 28 heavy (non-hydrogen) atoms. The molecule has 1 amide bonds. The molecule has 0 aromatic heterocycles. The van der Waals surface area contributed by atoms with Gasteiger partial charge >= 0.3 is 5.97 Å². The minimum atomic E-state index is -0.554. The van der Waals surface area contributed by atoms with Crippen LogP contribution in [0.5, 0.6) is 5.75 Å². The van der Waals surface area contributed by atoms with Crippen molar-refractivity contribution < 1.29 is 19.1 Å². The number of hydrogen-bond donors (Lipinski definition) is 0. The molecule has 5 nitrogen and oxygen atoms in total. The number of carbonyl (C=O) groups excluding carboxylic acids is 2. The van der Waals surface area contributed by atoms with Gasteiger partial charge in [-0.2, -0.15) is 0 Å². The van der Waals surface area contributed by atoms with Gasteiger partial charge in [-0.25, -0.2) is 4.79 Å². The summed E-state index contributed by atoms with van der Waals surface area (Å²) in [5.41, 5.74) is 1.81. The van der Waals surface area contributed by atoms with Gasteiger partial charge in [0.05, 0.1) is 5.56 Å². The van der Waals surface area contributed by atoms with E-state index in [9.17, 15) is 9.59 Å². The summed E-state index contributed by atoms with van der Waals surface area (Å²) in [5, 5.41) is 0. The smallest absolute Gasteiger partial charge is 0.339 e. The number of amides is 1. The maximum absolute atomic E-state index is 12.5. The lowest BCUT2D eigenvalue weighted by molar-refractivity contribution is -0.121. The van der Waals surface area contributed by atoms with Gasteiger partial charge in [0.15, 0.2) is 6.61 Å². The number of benzene rings is 3. The highest BCUT2D eigenvalue weighted by molar-refractivity contribution is 5.97. The fraction of sp³-hybridized carbons (Fsp3) is 0.130. The Hall–Kier alpha value is -3.60. The van der Waals surface area contributed by atoms with E-state index in [0.717, 1.165) is 5.69 Å². The quantitative estimate of drug-likeness (QED) is 0.584. The van der Waals surface area contributed by atoms with Crippen LogP contribution in [0.25, 0.3) is 0 Å². The van der Waals surface area contributed by atoms with E-state index in [1.54, 1.807) is 25.2 Å². The standard InChI is InChI=1S/C23H21NO4/c1-24(19-11-4-2-5-12-19)22(25)17-28-23(26)21-15-9-8-10-18(21)16-27-20-13-6-3-7-14-20/h2-15H,16-17H2,1H3. The van der Waals surface area contributed by atoms with Crippen LogP contribution >= 0.6 is 0 Å². The molecule has 3 aromatic carbocycles. The summed E-state index contributed by atoms with van der Waals surface area (Å²) in [4.78, 5) is 26.2. The first-order chi connectivity index (χ1) is 13.6. The molecule has 0 aliphatic rings. The molecule has 0 heterocycles. The predicted molar refractivity (Wildman–Crippen MR) is 107 cm³/mol. The van der Waals surface area contributed by atoms with E-state index in [4.69, 9.17) is 9.47 Å². The number of rotatable bonds is 7. The van der Waals surface area contributed by atoms with E-state index in [-0.39, 0.29) is 19.1 Å². The summed E-state index contributed by atoms with van der Waals surface area (Å²) in [5.74, 6) is -0.148. The molecule has 0 unspecified atom stereocenters. The molecule has 0 saturated heterocycles. The van der Waals surface area contributed by atoms with Crippen molar-refractivity contribution in [3.05, 3.63) is 96.1 Å². The van der Waals surface area contributed by atoms with Crippen molar-refractivity contribution in [2.24, 2.45) is 0 Å².